The van der Waals surface area contributed by atoms with Crippen molar-refractivity contribution in [3.05, 3.63) is 47.2 Å². The maximum atomic E-state index is 11.8. The zero-order chi connectivity index (χ0) is 16.0. The first-order valence-electron chi connectivity index (χ1n) is 8.32. The third kappa shape index (κ3) is 2.38. The fourth-order valence-electron chi connectivity index (χ4n) is 4.28. The number of piperidine rings is 1. The average molecular weight is 310 g/mol. The molecule has 2 aromatic rings. The van der Waals surface area contributed by atoms with Crippen LogP contribution in [0.5, 0.6) is 0 Å². The topological polar surface area (TPSA) is 45.3 Å². The number of benzene rings is 1. The zero-order valence-electron chi connectivity index (χ0n) is 13.6. The Bertz CT molecular complexity index is 790. The summed E-state index contributed by atoms with van der Waals surface area (Å²) in [4.78, 5) is 17.6. The van der Waals surface area contributed by atoms with Crippen LogP contribution in [0.25, 0.3) is 10.9 Å². The van der Waals surface area contributed by atoms with Crippen LogP contribution in [-0.2, 0) is 16.0 Å². The Morgan fingerprint density at radius 2 is 2.30 bits per heavy atom. The van der Waals surface area contributed by atoms with Crippen LogP contribution in [0.15, 0.2) is 36.0 Å². The van der Waals surface area contributed by atoms with Crippen molar-refractivity contribution in [1.82, 2.24) is 9.88 Å². The number of aromatic amines is 1. The Hall–Kier alpha value is -2.07. The summed E-state index contributed by atoms with van der Waals surface area (Å²) in [5.74, 6) is 0.229. The van der Waals surface area contributed by atoms with Crippen molar-refractivity contribution in [3.63, 3.8) is 0 Å². The fourth-order valence-corrected chi connectivity index (χ4v) is 4.28. The summed E-state index contributed by atoms with van der Waals surface area (Å²) in [5.41, 5.74) is 5.22. The van der Waals surface area contributed by atoms with Gasteiger partial charge < -0.3 is 9.72 Å². The minimum atomic E-state index is -0.217. The molecule has 2 heterocycles. The Kier molecular flexibility index (Phi) is 3.49. The van der Waals surface area contributed by atoms with Crippen LogP contribution >= 0.6 is 0 Å². The van der Waals surface area contributed by atoms with Crippen LogP contribution in [0.2, 0.25) is 0 Å². The summed E-state index contributed by atoms with van der Waals surface area (Å²) in [7, 11) is 2.16. The Balaban J connectivity index is 1.72. The van der Waals surface area contributed by atoms with E-state index in [-0.39, 0.29) is 5.97 Å². The van der Waals surface area contributed by atoms with Crippen molar-refractivity contribution < 1.29 is 9.53 Å². The minimum Gasteiger partial charge on any atom is -0.463 e. The Morgan fingerprint density at radius 1 is 1.43 bits per heavy atom. The smallest absolute Gasteiger partial charge is 0.330 e. The van der Waals surface area contributed by atoms with Gasteiger partial charge in [-0.2, -0.15) is 0 Å². The lowest BCUT2D eigenvalue weighted by atomic mass is 9.74. The first-order chi connectivity index (χ1) is 11.2. The minimum absolute atomic E-state index is 0.217. The molecule has 1 saturated heterocycles. The lowest BCUT2D eigenvalue weighted by Crippen LogP contribution is -2.45. The van der Waals surface area contributed by atoms with E-state index in [1.807, 2.05) is 6.92 Å². The lowest BCUT2D eigenvalue weighted by Gasteiger charge is -2.43. The Labute approximate surface area is 136 Å². The van der Waals surface area contributed by atoms with E-state index >= 15 is 0 Å². The largest absolute Gasteiger partial charge is 0.463 e. The van der Waals surface area contributed by atoms with Crippen LogP contribution in [0.1, 0.15) is 30.4 Å². The highest BCUT2D eigenvalue weighted by atomic mass is 16.5. The predicted octanol–water partition coefficient (Wildman–Crippen LogP) is 3.00. The van der Waals surface area contributed by atoms with Crippen LogP contribution in [0, 0.1) is 0 Å². The standard InChI is InChI=1S/C19H22N2O2/c1-3-23-18(22)8-12-7-15-14-5-4-6-16-19(14)13(10-20-16)9-17(15)21(2)11-12/h4-6,8,10,15,17,20H,3,7,9,11H2,1-2H3/b12-8+/t15-,17-/m1/s1. The van der Waals surface area contributed by atoms with Crippen LogP contribution in [0.4, 0.5) is 0 Å². The van der Waals surface area contributed by atoms with Crippen molar-refractivity contribution in [2.45, 2.75) is 31.7 Å². The third-order valence-electron chi connectivity index (χ3n) is 5.22. The number of ether oxygens (including phenoxy) is 1. The number of H-pyrrole nitrogens is 1. The SMILES string of the molecule is CCOC(=O)/C=C1\C[C@@H]2c3cccc4[nH]cc(c34)C[C@H]2N(C)C1. The molecule has 4 rings (SSSR count). The van der Waals surface area contributed by atoms with Gasteiger partial charge in [0.15, 0.2) is 0 Å². The number of esters is 1. The molecular weight excluding hydrogens is 288 g/mol. The zero-order valence-corrected chi connectivity index (χ0v) is 13.6. The number of likely N-dealkylation sites (N-methyl/N-ethyl adjacent to an activating group) is 1. The lowest BCUT2D eigenvalue weighted by molar-refractivity contribution is -0.137. The van der Waals surface area contributed by atoms with Crippen molar-refractivity contribution in [2.75, 3.05) is 20.2 Å². The van der Waals surface area contributed by atoms with Crippen molar-refractivity contribution in [3.8, 4) is 0 Å². The molecule has 1 fully saturated rings. The summed E-state index contributed by atoms with van der Waals surface area (Å²) < 4.78 is 5.08. The van der Waals surface area contributed by atoms with Crippen molar-refractivity contribution >= 4 is 16.9 Å². The van der Waals surface area contributed by atoms with E-state index in [1.165, 1.54) is 27.6 Å². The number of rotatable bonds is 2. The van der Waals surface area contributed by atoms with Gasteiger partial charge in [0, 0.05) is 41.7 Å². The molecule has 23 heavy (non-hydrogen) atoms. The third-order valence-corrected chi connectivity index (χ3v) is 5.22. The van der Waals surface area contributed by atoms with Gasteiger partial charge in [0.05, 0.1) is 6.61 Å². The molecule has 1 aromatic heterocycles. The number of carbonyl (C=O) groups excluding carboxylic acids is 1. The Morgan fingerprint density at radius 3 is 3.13 bits per heavy atom. The maximum absolute atomic E-state index is 11.8. The molecule has 1 aliphatic heterocycles. The van der Waals surface area contributed by atoms with Gasteiger partial charge in [0.1, 0.15) is 0 Å². The summed E-state index contributed by atoms with van der Waals surface area (Å²) in [6, 6.07) is 7.02. The second kappa shape index (κ2) is 5.53. The predicted molar refractivity (Wildman–Crippen MR) is 90.5 cm³/mol. The summed E-state index contributed by atoms with van der Waals surface area (Å²) >= 11 is 0. The summed E-state index contributed by atoms with van der Waals surface area (Å²) in [5, 5.41) is 1.39. The number of nitrogens with one attached hydrogen (secondary N) is 1. The number of hydrogen-bond acceptors (Lipinski definition) is 3. The van der Waals surface area contributed by atoms with Gasteiger partial charge in [-0.15, -0.1) is 0 Å². The molecule has 0 saturated carbocycles. The van der Waals surface area contributed by atoms with Gasteiger partial charge in [-0.1, -0.05) is 12.1 Å². The van der Waals surface area contributed by atoms with Crippen LogP contribution in [0.3, 0.4) is 0 Å². The van der Waals surface area contributed by atoms with Crippen LogP contribution < -0.4 is 0 Å². The molecule has 1 N–H and O–H groups in total. The van der Waals surface area contributed by atoms with E-state index in [9.17, 15) is 4.79 Å². The van der Waals surface area contributed by atoms with E-state index in [4.69, 9.17) is 4.74 Å². The first-order valence-corrected chi connectivity index (χ1v) is 8.32. The molecular formula is C19H22N2O2. The van der Waals surface area contributed by atoms with E-state index in [2.05, 4.69) is 41.3 Å². The first kappa shape index (κ1) is 14.5. The molecule has 0 unspecified atom stereocenters. The second-order valence-electron chi connectivity index (χ2n) is 6.64. The van der Waals surface area contributed by atoms with Gasteiger partial charge in [0.25, 0.3) is 0 Å². The number of aromatic nitrogens is 1. The highest BCUT2D eigenvalue weighted by Crippen LogP contribution is 2.44. The molecule has 0 bridgehead atoms. The number of carbonyl (C=O) groups is 1. The van der Waals surface area contributed by atoms with Gasteiger partial charge >= 0.3 is 5.97 Å². The molecule has 120 valence electrons. The molecule has 1 aromatic carbocycles. The molecule has 0 amide bonds. The number of hydrogen-bond donors (Lipinski definition) is 1. The monoisotopic (exact) mass is 310 g/mol. The molecule has 0 spiro atoms. The molecule has 2 aliphatic rings. The highest BCUT2D eigenvalue weighted by Gasteiger charge is 2.37. The van der Waals surface area contributed by atoms with Crippen molar-refractivity contribution in [2.24, 2.45) is 0 Å². The second-order valence-corrected chi connectivity index (χ2v) is 6.64. The number of nitrogens with zero attached hydrogens (tertiary/aromatic N) is 1. The quantitative estimate of drug-likeness (QED) is 0.685. The van der Waals surface area contributed by atoms with E-state index in [0.717, 1.165) is 19.4 Å². The van der Waals surface area contributed by atoms with E-state index in [0.29, 0.717) is 18.6 Å². The molecule has 2 atom stereocenters. The molecule has 4 heteroatoms. The van der Waals surface area contributed by atoms with Gasteiger partial charge in [-0.25, -0.2) is 4.79 Å². The molecule has 0 radical (unpaired) electrons. The molecule has 4 nitrogen and oxygen atoms in total. The maximum Gasteiger partial charge on any atom is 0.330 e. The van der Waals surface area contributed by atoms with Gasteiger partial charge in [-0.05, 0) is 49.6 Å². The summed E-state index contributed by atoms with van der Waals surface area (Å²) in [6.45, 7) is 3.11. The van der Waals surface area contributed by atoms with Crippen LogP contribution in [-0.4, -0.2) is 42.1 Å². The molecule has 1 aliphatic carbocycles. The summed E-state index contributed by atoms with van der Waals surface area (Å²) in [6.07, 6.45) is 5.87. The highest BCUT2D eigenvalue weighted by molar-refractivity contribution is 5.88. The van der Waals surface area contributed by atoms with Crippen molar-refractivity contribution in [1.29, 1.82) is 0 Å². The number of fused-ring (bicyclic) bond motifs is 2. The fraction of sp³-hybridized carbons (Fsp3) is 0.421. The normalized spacial score (nSPS) is 25.6. The number of likely N-dealkylation sites (tertiary alicyclic amines) is 1. The van der Waals surface area contributed by atoms with E-state index < -0.39 is 0 Å². The van der Waals surface area contributed by atoms with Gasteiger partial charge in [0.2, 0.25) is 0 Å². The van der Waals surface area contributed by atoms with Gasteiger partial charge in [-0.3, -0.25) is 4.90 Å². The van der Waals surface area contributed by atoms with E-state index in [1.54, 1.807) is 6.08 Å². The average Bonchev–Trinajstić information content (AvgIpc) is 2.93.